The first-order valence-corrected chi connectivity index (χ1v) is 5.23. The Hall–Kier alpha value is -1.64. The number of allylic oxidation sites excluding steroid dienone is 3. The van der Waals surface area contributed by atoms with Gasteiger partial charge in [-0.3, -0.25) is 0 Å². The fourth-order valence-corrected chi connectivity index (χ4v) is 1.51. The summed E-state index contributed by atoms with van der Waals surface area (Å²) in [4.78, 5) is 0. The van der Waals surface area contributed by atoms with E-state index < -0.39 is 5.79 Å². The molecule has 0 saturated carbocycles. The lowest BCUT2D eigenvalue weighted by molar-refractivity contribution is -0.115. The SMILES string of the molecule is OC1(O)C=CC(/C=C/c2ccccc2)=CC1. The third-order valence-electron chi connectivity index (χ3n) is 2.45. The van der Waals surface area contributed by atoms with Gasteiger partial charge in [0.2, 0.25) is 0 Å². The van der Waals surface area contributed by atoms with Gasteiger partial charge in [-0.1, -0.05) is 54.6 Å². The summed E-state index contributed by atoms with van der Waals surface area (Å²) >= 11 is 0. The van der Waals surface area contributed by atoms with Crippen LogP contribution in [-0.4, -0.2) is 16.0 Å². The normalized spacial score (nSPS) is 18.8. The number of aliphatic hydroxyl groups is 2. The maximum absolute atomic E-state index is 9.28. The summed E-state index contributed by atoms with van der Waals surface area (Å²) in [6.07, 6.45) is 9.11. The number of benzene rings is 1. The number of rotatable bonds is 2. The van der Waals surface area contributed by atoms with Gasteiger partial charge in [-0.05, 0) is 17.2 Å². The molecular formula is C14H14O2. The van der Waals surface area contributed by atoms with E-state index in [0.717, 1.165) is 11.1 Å². The molecule has 0 atom stereocenters. The van der Waals surface area contributed by atoms with Crippen LogP contribution in [0, 0.1) is 0 Å². The zero-order valence-corrected chi connectivity index (χ0v) is 8.88. The molecule has 0 radical (unpaired) electrons. The lowest BCUT2D eigenvalue weighted by atomic mass is 10.0. The molecule has 1 aromatic carbocycles. The Morgan fingerprint density at radius 3 is 2.44 bits per heavy atom. The molecule has 0 fully saturated rings. The summed E-state index contributed by atoms with van der Waals surface area (Å²) in [5.41, 5.74) is 2.12. The minimum Gasteiger partial charge on any atom is -0.362 e. The summed E-state index contributed by atoms with van der Waals surface area (Å²) in [6.45, 7) is 0. The zero-order chi connectivity index (χ0) is 11.4. The molecule has 0 saturated heterocycles. The van der Waals surface area contributed by atoms with Crippen molar-refractivity contribution in [1.82, 2.24) is 0 Å². The van der Waals surface area contributed by atoms with Gasteiger partial charge in [0.15, 0.2) is 5.79 Å². The molecule has 2 rings (SSSR count). The van der Waals surface area contributed by atoms with Crippen LogP contribution in [0.3, 0.4) is 0 Å². The van der Waals surface area contributed by atoms with E-state index in [4.69, 9.17) is 0 Å². The number of hydrogen-bond acceptors (Lipinski definition) is 2. The molecule has 2 nitrogen and oxygen atoms in total. The molecule has 2 N–H and O–H groups in total. The van der Waals surface area contributed by atoms with E-state index in [0.29, 0.717) is 0 Å². The molecule has 16 heavy (non-hydrogen) atoms. The second-order valence-electron chi connectivity index (χ2n) is 3.86. The van der Waals surface area contributed by atoms with Crippen molar-refractivity contribution in [3.05, 3.63) is 65.8 Å². The lowest BCUT2D eigenvalue weighted by Gasteiger charge is -2.18. The van der Waals surface area contributed by atoms with Crippen LogP contribution in [0.2, 0.25) is 0 Å². The van der Waals surface area contributed by atoms with E-state index in [1.165, 1.54) is 6.08 Å². The van der Waals surface area contributed by atoms with Crippen molar-refractivity contribution >= 4 is 6.08 Å². The predicted molar refractivity (Wildman–Crippen MR) is 64.5 cm³/mol. The van der Waals surface area contributed by atoms with Crippen LogP contribution in [0.4, 0.5) is 0 Å². The first-order valence-electron chi connectivity index (χ1n) is 5.23. The van der Waals surface area contributed by atoms with E-state index in [1.54, 1.807) is 12.2 Å². The summed E-state index contributed by atoms with van der Waals surface area (Å²) in [5, 5.41) is 18.6. The van der Waals surface area contributed by atoms with Crippen LogP contribution in [0.15, 0.2) is 60.2 Å². The molecular weight excluding hydrogens is 200 g/mol. The maximum Gasteiger partial charge on any atom is 0.186 e. The standard InChI is InChI=1S/C14H14O2/c15-14(16)10-8-13(9-11-14)7-6-12-4-2-1-3-5-12/h1-10,15-16H,11H2/b7-6+. The smallest absolute Gasteiger partial charge is 0.186 e. The van der Waals surface area contributed by atoms with E-state index in [2.05, 4.69) is 0 Å². The van der Waals surface area contributed by atoms with Crippen LogP contribution in [0.25, 0.3) is 6.08 Å². The molecule has 1 aliphatic carbocycles. The highest BCUT2D eigenvalue weighted by molar-refractivity contribution is 5.55. The average molecular weight is 214 g/mol. The summed E-state index contributed by atoms with van der Waals surface area (Å²) < 4.78 is 0. The number of hydrogen-bond donors (Lipinski definition) is 2. The van der Waals surface area contributed by atoms with Gasteiger partial charge >= 0.3 is 0 Å². The Kier molecular flexibility index (Phi) is 3.04. The average Bonchev–Trinajstić information content (AvgIpc) is 2.29. The molecule has 0 amide bonds. The van der Waals surface area contributed by atoms with Crippen LogP contribution in [0.5, 0.6) is 0 Å². The molecule has 82 valence electrons. The summed E-state index contributed by atoms with van der Waals surface area (Å²) in [7, 11) is 0. The monoisotopic (exact) mass is 214 g/mol. The van der Waals surface area contributed by atoms with Gasteiger partial charge in [0, 0.05) is 6.42 Å². The molecule has 0 aromatic heterocycles. The first kappa shape index (κ1) is 10.9. The van der Waals surface area contributed by atoms with Crippen molar-refractivity contribution in [1.29, 1.82) is 0 Å². The largest absolute Gasteiger partial charge is 0.362 e. The summed E-state index contributed by atoms with van der Waals surface area (Å²) in [5.74, 6) is -1.68. The summed E-state index contributed by atoms with van der Waals surface area (Å²) in [6, 6.07) is 9.98. The van der Waals surface area contributed by atoms with Crippen LogP contribution >= 0.6 is 0 Å². The van der Waals surface area contributed by atoms with Gasteiger partial charge in [-0.2, -0.15) is 0 Å². The Balaban J connectivity index is 2.05. The molecule has 0 aliphatic heterocycles. The maximum atomic E-state index is 9.28. The molecule has 0 unspecified atom stereocenters. The minimum atomic E-state index is -1.68. The van der Waals surface area contributed by atoms with Gasteiger partial charge in [0.1, 0.15) is 0 Å². The quantitative estimate of drug-likeness (QED) is 0.741. The third kappa shape index (κ3) is 2.92. The fraction of sp³-hybridized carbons (Fsp3) is 0.143. The van der Waals surface area contributed by atoms with Crippen LogP contribution in [0.1, 0.15) is 12.0 Å². The van der Waals surface area contributed by atoms with Crippen LogP contribution in [-0.2, 0) is 0 Å². The van der Waals surface area contributed by atoms with Crippen LogP contribution < -0.4 is 0 Å². The second-order valence-corrected chi connectivity index (χ2v) is 3.86. The molecule has 1 aromatic rings. The highest BCUT2D eigenvalue weighted by Crippen LogP contribution is 2.19. The Labute approximate surface area is 94.9 Å². The predicted octanol–water partition coefficient (Wildman–Crippen LogP) is 2.27. The minimum absolute atomic E-state index is 0.234. The van der Waals surface area contributed by atoms with Gasteiger partial charge in [-0.25, -0.2) is 0 Å². The lowest BCUT2D eigenvalue weighted by Crippen LogP contribution is -2.25. The van der Waals surface area contributed by atoms with Gasteiger partial charge in [0.25, 0.3) is 0 Å². The van der Waals surface area contributed by atoms with Crippen molar-refractivity contribution < 1.29 is 10.2 Å². The van der Waals surface area contributed by atoms with Gasteiger partial charge < -0.3 is 10.2 Å². The van der Waals surface area contributed by atoms with Crippen molar-refractivity contribution in [2.75, 3.05) is 0 Å². The highest BCUT2D eigenvalue weighted by Gasteiger charge is 2.19. The van der Waals surface area contributed by atoms with Crippen molar-refractivity contribution in [3.8, 4) is 0 Å². The Morgan fingerprint density at radius 1 is 1.06 bits per heavy atom. The third-order valence-corrected chi connectivity index (χ3v) is 2.45. The highest BCUT2D eigenvalue weighted by atomic mass is 16.5. The van der Waals surface area contributed by atoms with Crippen molar-refractivity contribution in [2.45, 2.75) is 12.2 Å². The van der Waals surface area contributed by atoms with Gasteiger partial charge in [-0.15, -0.1) is 0 Å². The van der Waals surface area contributed by atoms with E-state index >= 15 is 0 Å². The fourth-order valence-electron chi connectivity index (χ4n) is 1.51. The topological polar surface area (TPSA) is 40.5 Å². The van der Waals surface area contributed by atoms with Crippen molar-refractivity contribution in [2.24, 2.45) is 0 Å². The Morgan fingerprint density at radius 2 is 1.81 bits per heavy atom. The molecule has 2 heteroatoms. The first-order chi connectivity index (χ1) is 7.66. The Bertz CT molecular complexity index is 439. The van der Waals surface area contributed by atoms with E-state index in [-0.39, 0.29) is 6.42 Å². The zero-order valence-electron chi connectivity index (χ0n) is 8.88. The van der Waals surface area contributed by atoms with E-state index in [9.17, 15) is 10.2 Å². The molecule has 0 spiro atoms. The van der Waals surface area contributed by atoms with Gasteiger partial charge in [0.05, 0.1) is 0 Å². The molecule has 0 bridgehead atoms. The molecule has 0 heterocycles. The molecule has 1 aliphatic rings. The van der Waals surface area contributed by atoms with E-state index in [1.807, 2.05) is 42.5 Å². The van der Waals surface area contributed by atoms with Crippen molar-refractivity contribution in [3.63, 3.8) is 0 Å². The second kappa shape index (κ2) is 4.47.